The summed E-state index contributed by atoms with van der Waals surface area (Å²) in [6.45, 7) is 6.98. The number of pyridine rings is 1. The Hall–Kier alpha value is -1.81. The van der Waals surface area contributed by atoms with Gasteiger partial charge in [-0.15, -0.1) is 0 Å². The van der Waals surface area contributed by atoms with Gasteiger partial charge in [-0.1, -0.05) is 6.07 Å². The summed E-state index contributed by atoms with van der Waals surface area (Å²) in [7, 11) is 2.17. The van der Waals surface area contributed by atoms with Crippen molar-refractivity contribution >= 4 is 16.6 Å². The molecular weight excluding hydrogens is 250 g/mol. The van der Waals surface area contributed by atoms with Crippen molar-refractivity contribution < 1.29 is 4.74 Å². The maximum absolute atomic E-state index is 5.83. The Morgan fingerprint density at radius 1 is 1.20 bits per heavy atom. The summed E-state index contributed by atoms with van der Waals surface area (Å²) in [5.41, 5.74) is 2.19. The van der Waals surface area contributed by atoms with Gasteiger partial charge in [-0.25, -0.2) is 0 Å². The molecule has 2 heterocycles. The first kappa shape index (κ1) is 13.2. The van der Waals surface area contributed by atoms with Crippen LogP contribution in [0, 0.1) is 0 Å². The van der Waals surface area contributed by atoms with Crippen molar-refractivity contribution in [3.05, 3.63) is 30.5 Å². The molecule has 0 amide bonds. The van der Waals surface area contributed by atoms with E-state index in [1.807, 2.05) is 19.2 Å². The van der Waals surface area contributed by atoms with Crippen LogP contribution in [0.3, 0.4) is 0 Å². The highest BCUT2D eigenvalue weighted by Gasteiger charge is 2.18. The smallest absolute Gasteiger partial charge is 0.144 e. The van der Waals surface area contributed by atoms with Crippen molar-refractivity contribution in [2.24, 2.45) is 0 Å². The normalized spacial score (nSPS) is 16.6. The first-order chi connectivity index (χ1) is 9.78. The summed E-state index contributed by atoms with van der Waals surface area (Å²) in [5.74, 6) is 0.947. The molecule has 0 radical (unpaired) electrons. The summed E-state index contributed by atoms with van der Waals surface area (Å²) in [5, 5.41) is 1.17. The molecule has 4 heteroatoms. The number of likely N-dealkylation sites (N-methyl/N-ethyl adjacent to an activating group) is 1. The molecule has 1 saturated heterocycles. The van der Waals surface area contributed by atoms with Gasteiger partial charge < -0.3 is 14.5 Å². The standard InChI is InChI=1S/C16H21N3O/c1-3-20-16-12-14-13(5-4-6-17-14)11-15(16)19-9-7-18(2)8-10-19/h4-6,11-12H,3,7-10H2,1-2H3. The van der Waals surface area contributed by atoms with Crippen molar-refractivity contribution in [3.63, 3.8) is 0 Å². The molecule has 0 N–H and O–H groups in total. The van der Waals surface area contributed by atoms with Gasteiger partial charge in [-0.2, -0.15) is 0 Å². The molecule has 0 atom stereocenters. The van der Waals surface area contributed by atoms with Crippen LogP contribution in [0.4, 0.5) is 5.69 Å². The third-order valence-corrected chi connectivity index (χ3v) is 3.83. The van der Waals surface area contributed by atoms with Crippen LogP contribution in [-0.4, -0.2) is 49.7 Å². The van der Waals surface area contributed by atoms with Crippen LogP contribution in [0.5, 0.6) is 5.75 Å². The largest absolute Gasteiger partial charge is 0.492 e. The molecule has 0 saturated carbocycles. The molecule has 20 heavy (non-hydrogen) atoms. The molecule has 2 aromatic rings. The molecule has 106 valence electrons. The second-order valence-corrected chi connectivity index (χ2v) is 5.24. The number of fused-ring (bicyclic) bond motifs is 1. The lowest BCUT2D eigenvalue weighted by atomic mass is 10.1. The van der Waals surface area contributed by atoms with Crippen molar-refractivity contribution in [1.82, 2.24) is 9.88 Å². The maximum Gasteiger partial charge on any atom is 0.144 e. The van der Waals surface area contributed by atoms with E-state index in [0.29, 0.717) is 6.61 Å². The number of benzene rings is 1. The minimum Gasteiger partial charge on any atom is -0.492 e. The van der Waals surface area contributed by atoms with E-state index in [9.17, 15) is 0 Å². The molecule has 0 spiro atoms. The molecule has 1 aliphatic heterocycles. The molecule has 1 fully saturated rings. The van der Waals surface area contributed by atoms with E-state index < -0.39 is 0 Å². The zero-order valence-electron chi connectivity index (χ0n) is 12.2. The fourth-order valence-corrected chi connectivity index (χ4v) is 2.65. The third kappa shape index (κ3) is 2.56. The van der Waals surface area contributed by atoms with Gasteiger partial charge in [-0.05, 0) is 26.1 Å². The van der Waals surface area contributed by atoms with Gasteiger partial charge in [0.05, 0.1) is 17.8 Å². The fraction of sp³-hybridized carbons (Fsp3) is 0.438. The Balaban J connectivity index is 2.00. The van der Waals surface area contributed by atoms with Gasteiger partial charge in [0.25, 0.3) is 0 Å². The lowest BCUT2D eigenvalue weighted by molar-refractivity contribution is 0.307. The second-order valence-electron chi connectivity index (χ2n) is 5.24. The van der Waals surface area contributed by atoms with E-state index in [1.54, 1.807) is 0 Å². The van der Waals surface area contributed by atoms with Gasteiger partial charge in [0, 0.05) is 43.8 Å². The summed E-state index contributed by atoms with van der Waals surface area (Å²) < 4.78 is 5.83. The Labute approximate surface area is 120 Å². The molecule has 1 aliphatic rings. The first-order valence-corrected chi connectivity index (χ1v) is 7.23. The van der Waals surface area contributed by atoms with E-state index >= 15 is 0 Å². The van der Waals surface area contributed by atoms with Gasteiger partial charge in [0.15, 0.2) is 0 Å². The van der Waals surface area contributed by atoms with Crippen LogP contribution in [0.1, 0.15) is 6.92 Å². The zero-order chi connectivity index (χ0) is 13.9. The van der Waals surface area contributed by atoms with Gasteiger partial charge in [-0.3, -0.25) is 4.98 Å². The molecule has 0 bridgehead atoms. The van der Waals surface area contributed by atoms with Crippen LogP contribution < -0.4 is 9.64 Å². The highest BCUT2D eigenvalue weighted by atomic mass is 16.5. The Morgan fingerprint density at radius 2 is 2.00 bits per heavy atom. The Morgan fingerprint density at radius 3 is 2.75 bits per heavy atom. The molecular formula is C16H21N3O. The molecule has 0 unspecified atom stereocenters. The van der Waals surface area contributed by atoms with Gasteiger partial charge in [0.2, 0.25) is 0 Å². The number of hydrogen-bond acceptors (Lipinski definition) is 4. The minimum absolute atomic E-state index is 0.680. The highest BCUT2D eigenvalue weighted by molar-refractivity contribution is 5.86. The average molecular weight is 271 g/mol. The third-order valence-electron chi connectivity index (χ3n) is 3.83. The molecule has 0 aliphatic carbocycles. The van der Waals surface area contributed by atoms with Crippen LogP contribution >= 0.6 is 0 Å². The van der Waals surface area contributed by atoms with Gasteiger partial charge >= 0.3 is 0 Å². The van der Waals surface area contributed by atoms with Crippen LogP contribution in [-0.2, 0) is 0 Å². The molecule has 1 aromatic heterocycles. The summed E-state index contributed by atoms with van der Waals surface area (Å²) in [6.07, 6.45) is 1.83. The Bertz CT molecular complexity index is 591. The number of nitrogens with zero attached hydrogens (tertiary/aromatic N) is 3. The number of aromatic nitrogens is 1. The lowest BCUT2D eigenvalue weighted by Gasteiger charge is -2.35. The monoisotopic (exact) mass is 271 g/mol. The molecule has 3 rings (SSSR count). The van der Waals surface area contributed by atoms with Crippen molar-refractivity contribution in [3.8, 4) is 5.75 Å². The number of anilines is 1. The van der Waals surface area contributed by atoms with Crippen LogP contribution in [0.2, 0.25) is 0 Å². The minimum atomic E-state index is 0.680. The topological polar surface area (TPSA) is 28.6 Å². The van der Waals surface area contributed by atoms with Crippen molar-refractivity contribution in [2.45, 2.75) is 6.92 Å². The lowest BCUT2D eigenvalue weighted by Crippen LogP contribution is -2.44. The summed E-state index contributed by atoms with van der Waals surface area (Å²) in [6, 6.07) is 8.36. The van der Waals surface area contributed by atoms with Crippen LogP contribution in [0.15, 0.2) is 30.5 Å². The SMILES string of the molecule is CCOc1cc2ncccc2cc1N1CCN(C)CC1. The van der Waals surface area contributed by atoms with Crippen molar-refractivity contribution in [2.75, 3.05) is 44.7 Å². The van der Waals surface area contributed by atoms with Crippen molar-refractivity contribution in [1.29, 1.82) is 0 Å². The fourth-order valence-electron chi connectivity index (χ4n) is 2.65. The van der Waals surface area contributed by atoms with E-state index in [2.05, 4.69) is 40.0 Å². The number of hydrogen-bond donors (Lipinski definition) is 0. The van der Waals surface area contributed by atoms with E-state index in [-0.39, 0.29) is 0 Å². The predicted molar refractivity (Wildman–Crippen MR) is 82.6 cm³/mol. The van der Waals surface area contributed by atoms with E-state index in [4.69, 9.17) is 4.74 Å². The number of rotatable bonds is 3. The predicted octanol–water partition coefficient (Wildman–Crippen LogP) is 2.39. The Kier molecular flexibility index (Phi) is 3.74. The molecule has 4 nitrogen and oxygen atoms in total. The summed E-state index contributed by atoms with van der Waals surface area (Å²) in [4.78, 5) is 9.19. The maximum atomic E-state index is 5.83. The second kappa shape index (κ2) is 5.67. The van der Waals surface area contributed by atoms with E-state index in [0.717, 1.165) is 37.4 Å². The highest BCUT2D eigenvalue weighted by Crippen LogP contribution is 2.33. The molecule has 1 aromatic carbocycles. The van der Waals surface area contributed by atoms with E-state index in [1.165, 1.54) is 11.1 Å². The van der Waals surface area contributed by atoms with Gasteiger partial charge in [0.1, 0.15) is 5.75 Å². The average Bonchev–Trinajstić information content (AvgIpc) is 2.48. The summed E-state index contributed by atoms with van der Waals surface area (Å²) >= 11 is 0. The quantitative estimate of drug-likeness (QED) is 0.857. The number of piperazine rings is 1. The zero-order valence-corrected chi connectivity index (χ0v) is 12.2. The number of ether oxygens (including phenoxy) is 1. The first-order valence-electron chi connectivity index (χ1n) is 7.23. The van der Waals surface area contributed by atoms with Crippen LogP contribution in [0.25, 0.3) is 10.9 Å².